The van der Waals surface area contributed by atoms with Crippen LogP contribution in [0.4, 0.5) is 4.39 Å². The van der Waals surface area contributed by atoms with Gasteiger partial charge in [0.25, 0.3) is 0 Å². The van der Waals surface area contributed by atoms with Crippen molar-refractivity contribution in [2.75, 3.05) is 0 Å². The van der Waals surface area contributed by atoms with E-state index in [-0.39, 0.29) is 5.82 Å². The maximum Gasteiger partial charge on any atom is 0.126 e. The van der Waals surface area contributed by atoms with Crippen molar-refractivity contribution >= 4 is 5.57 Å². The van der Waals surface area contributed by atoms with E-state index in [2.05, 4.69) is 6.58 Å². The second kappa shape index (κ2) is 5.30. The van der Waals surface area contributed by atoms with Gasteiger partial charge in [0, 0.05) is 0 Å². The molecule has 0 saturated heterocycles. The highest BCUT2D eigenvalue weighted by Gasteiger charge is 2.01. The Balaban J connectivity index is 3.09. The van der Waals surface area contributed by atoms with Gasteiger partial charge in [-0.15, -0.1) is 0 Å². The van der Waals surface area contributed by atoms with Crippen LogP contribution in [0.5, 0.6) is 0 Å². The molecule has 0 amide bonds. The average molecular weight is 202 g/mol. The van der Waals surface area contributed by atoms with E-state index in [1.54, 1.807) is 25.1 Å². The Labute approximate surface area is 90.4 Å². The van der Waals surface area contributed by atoms with E-state index in [0.717, 1.165) is 11.1 Å². The highest BCUT2D eigenvalue weighted by molar-refractivity contribution is 5.74. The van der Waals surface area contributed by atoms with E-state index in [0.29, 0.717) is 5.56 Å². The third-order valence-electron chi connectivity index (χ3n) is 2.23. The molecule has 1 aromatic rings. The van der Waals surface area contributed by atoms with Crippen molar-refractivity contribution in [2.45, 2.75) is 13.8 Å². The van der Waals surface area contributed by atoms with Crippen LogP contribution in [0.25, 0.3) is 5.57 Å². The molecule has 0 aliphatic heterocycles. The van der Waals surface area contributed by atoms with Crippen molar-refractivity contribution in [3.63, 3.8) is 0 Å². The molecule has 0 atom stereocenters. The quantitative estimate of drug-likeness (QED) is 0.642. The van der Waals surface area contributed by atoms with E-state index < -0.39 is 0 Å². The predicted molar refractivity (Wildman–Crippen MR) is 64.1 cm³/mol. The standard InChI is InChI=1S/C14H15F/c1-4-6-7-12(5-2)13-9-8-11(3)14(15)10-13/h4-10H,1H2,2-3H3/b7-6-,12-5+. The summed E-state index contributed by atoms with van der Waals surface area (Å²) in [5.74, 6) is -0.168. The molecule has 1 rings (SSSR count). The van der Waals surface area contributed by atoms with Gasteiger partial charge in [-0.3, -0.25) is 0 Å². The molecule has 0 N–H and O–H groups in total. The van der Waals surface area contributed by atoms with Crippen molar-refractivity contribution in [2.24, 2.45) is 0 Å². The molecule has 0 saturated carbocycles. The first-order valence-corrected chi connectivity index (χ1v) is 4.91. The van der Waals surface area contributed by atoms with Crippen LogP contribution < -0.4 is 0 Å². The predicted octanol–water partition coefficient (Wildman–Crippen LogP) is 4.28. The van der Waals surface area contributed by atoms with Gasteiger partial charge in [-0.1, -0.05) is 43.0 Å². The minimum absolute atomic E-state index is 0.168. The molecule has 1 aromatic carbocycles. The van der Waals surface area contributed by atoms with Crippen LogP contribution in [-0.2, 0) is 0 Å². The zero-order valence-electron chi connectivity index (χ0n) is 9.13. The van der Waals surface area contributed by atoms with E-state index in [1.165, 1.54) is 0 Å². The van der Waals surface area contributed by atoms with Gasteiger partial charge in [-0.2, -0.15) is 0 Å². The number of hydrogen-bond acceptors (Lipinski definition) is 0. The molecular weight excluding hydrogens is 187 g/mol. The fourth-order valence-corrected chi connectivity index (χ4v) is 1.30. The van der Waals surface area contributed by atoms with Gasteiger partial charge in [0.2, 0.25) is 0 Å². The Morgan fingerprint density at radius 2 is 2.13 bits per heavy atom. The molecule has 0 fully saturated rings. The van der Waals surface area contributed by atoms with Crippen molar-refractivity contribution in [1.82, 2.24) is 0 Å². The summed E-state index contributed by atoms with van der Waals surface area (Å²) in [5.41, 5.74) is 2.55. The molecule has 0 nitrogen and oxygen atoms in total. The van der Waals surface area contributed by atoms with E-state index in [1.807, 2.05) is 31.2 Å². The van der Waals surface area contributed by atoms with Crippen molar-refractivity contribution in [3.05, 3.63) is 66.0 Å². The maximum atomic E-state index is 13.3. The number of allylic oxidation sites excluding steroid dienone is 5. The molecule has 0 aliphatic carbocycles. The van der Waals surface area contributed by atoms with Gasteiger partial charge in [0.05, 0.1) is 0 Å². The van der Waals surface area contributed by atoms with Crippen molar-refractivity contribution in [1.29, 1.82) is 0 Å². The van der Waals surface area contributed by atoms with Crippen LogP contribution in [0, 0.1) is 12.7 Å². The number of hydrogen-bond donors (Lipinski definition) is 0. The first-order valence-electron chi connectivity index (χ1n) is 4.91. The minimum Gasteiger partial charge on any atom is -0.207 e. The molecule has 0 unspecified atom stereocenters. The van der Waals surface area contributed by atoms with E-state index in [4.69, 9.17) is 0 Å². The summed E-state index contributed by atoms with van der Waals surface area (Å²) >= 11 is 0. The van der Waals surface area contributed by atoms with Gasteiger partial charge in [-0.05, 0) is 36.6 Å². The Bertz CT molecular complexity index is 411. The van der Waals surface area contributed by atoms with Gasteiger partial charge in [0.1, 0.15) is 5.82 Å². The summed E-state index contributed by atoms with van der Waals surface area (Å²) in [6.07, 6.45) is 7.41. The Kier molecular flexibility index (Phi) is 4.04. The van der Waals surface area contributed by atoms with Gasteiger partial charge >= 0.3 is 0 Å². The highest BCUT2D eigenvalue weighted by atomic mass is 19.1. The second-order valence-electron chi connectivity index (χ2n) is 3.30. The molecular formula is C14H15F. The fourth-order valence-electron chi connectivity index (χ4n) is 1.30. The Morgan fingerprint density at radius 1 is 1.40 bits per heavy atom. The van der Waals surface area contributed by atoms with E-state index in [9.17, 15) is 4.39 Å². The molecule has 78 valence electrons. The molecule has 0 aromatic heterocycles. The topological polar surface area (TPSA) is 0 Å². The number of aryl methyl sites for hydroxylation is 1. The van der Waals surface area contributed by atoms with Crippen LogP contribution in [0.1, 0.15) is 18.1 Å². The lowest BCUT2D eigenvalue weighted by Gasteiger charge is -2.03. The molecule has 0 bridgehead atoms. The lowest BCUT2D eigenvalue weighted by Crippen LogP contribution is -1.86. The molecule has 0 spiro atoms. The SMILES string of the molecule is C=C/C=C\C(=C/C)c1ccc(C)c(F)c1. The Hall–Kier alpha value is -1.63. The van der Waals surface area contributed by atoms with Crippen molar-refractivity contribution < 1.29 is 4.39 Å². The highest BCUT2D eigenvalue weighted by Crippen LogP contribution is 2.18. The van der Waals surface area contributed by atoms with Gasteiger partial charge in [-0.25, -0.2) is 4.39 Å². The largest absolute Gasteiger partial charge is 0.207 e. The van der Waals surface area contributed by atoms with E-state index >= 15 is 0 Å². The van der Waals surface area contributed by atoms with Crippen LogP contribution >= 0.6 is 0 Å². The number of benzene rings is 1. The number of halogens is 1. The lowest BCUT2D eigenvalue weighted by atomic mass is 10.0. The van der Waals surface area contributed by atoms with Gasteiger partial charge in [0.15, 0.2) is 0 Å². The average Bonchev–Trinajstić information content (AvgIpc) is 2.24. The van der Waals surface area contributed by atoms with Crippen LogP contribution in [0.3, 0.4) is 0 Å². The van der Waals surface area contributed by atoms with Crippen LogP contribution in [0.2, 0.25) is 0 Å². The normalized spacial score (nSPS) is 12.1. The second-order valence-corrected chi connectivity index (χ2v) is 3.30. The third-order valence-corrected chi connectivity index (χ3v) is 2.23. The first kappa shape index (κ1) is 11.4. The third kappa shape index (κ3) is 2.91. The molecule has 0 aliphatic rings. The van der Waals surface area contributed by atoms with Gasteiger partial charge < -0.3 is 0 Å². The molecule has 1 heteroatoms. The monoisotopic (exact) mass is 202 g/mol. The summed E-state index contributed by atoms with van der Waals surface area (Å²) in [6, 6.07) is 5.26. The molecule has 0 radical (unpaired) electrons. The minimum atomic E-state index is -0.168. The zero-order chi connectivity index (χ0) is 11.3. The maximum absolute atomic E-state index is 13.3. The van der Waals surface area contributed by atoms with Crippen molar-refractivity contribution in [3.8, 4) is 0 Å². The Morgan fingerprint density at radius 3 is 2.67 bits per heavy atom. The zero-order valence-corrected chi connectivity index (χ0v) is 9.13. The summed E-state index contributed by atoms with van der Waals surface area (Å²) in [7, 11) is 0. The first-order chi connectivity index (χ1) is 7.19. The molecule has 0 heterocycles. The lowest BCUT2D eigenvalue weighted by molar-refractivity contribution is 0.618. The summed E-state index contributed by atoms with van der Waals surface area (Å²) in [4.78, 5) is 0. The summed E-state index contributed by atoms with van der Waals surface area (Å²) in [5, 5.41) is 0. The molecule has 15 heavy (non-hydrogen) atoms. The summed E-state index contributed by atoms with van der Waals surface area (Å²) in [6.45, 7) is 7.29. The smallest absolute Gasteiger partial charge is 0.126 e. The fraction of sp³-hybridized carbons (Fsp3) is 0.143. The number of rotatable bonds is 3. The van der Waals surface area contributed by atoms with Crippen LogP contribution in [-0.4, -0.2) is 0 Å². The summed E-state index contributed by atoms with van der Waals surface area (Å²) < 4.78 is 13.3. The van der Waals surface area contributed by atoms with Crippen LogP contribution in [0.15, 0.2) is 49.1 Å².